The molecule has 0 aromatic carbocycles. The molecular formula is C10H20O2S. The molecule has 1 atom stereocenters. The topological polar surface area (TPSA) is 37.3 Å². The normalized spacial score (nSPS) is 14.2. The summed E-state index contributed by atoms with van der Waals surface area (Å²) in [6.07, 6.45) is 2.43. The fourth-order valence-corrected chi connectivity index (χ4v) is 2.61. The molecule has 0 aliphatic carbocycles. The molecule has 1 N–H and O–H groups in total. The van der Waals surface area contributed by atoms with Gasteiger partial charge in [-0.05, 0) is 19.3 Å². The Labute approximate surface area is 85.1 Å². The predicted molar refractivity (Wildman–Crippen MR) is 58.3 cm³/mol. The van der Waals surface area contributed by atoms with Gasteiger partial charge in [0.1, 0.15) is 4.75 Å². The summed E-state index contributed by atoms with van der Waals surface area (Å²) in [5, 5.41) is 9.57. The maximum Gasteiger partial charge on any atom is 0.319 e. The van der Waals surface area contributed by atoms with E-state index in [0.29, 0.717) is 18.1 Å². The van der Waals surface area contributed by atoms with Crippen molar-refractivity contribution in [2.45, 2.75) is 57.0 Å². The van der Waals surface area contributed by atoms with Crippen LogP contribution in [0.4, 0.5) is 0 Å². The SMILES string of the molecule is CCC(C)SC(CC)(CC)C(=O)O. The summed E-state index contributed by atoms with van der Waals surface area (Å²) in [5.74, 6) is -0.664. The highest BCUT2D eigenvalue weighted by Gasteiger charge is 2.36. The third kappa shape index (κ3) is 3.22. The number of carboxylic acids is 1. The summed E-state index contributed by atoms with van der Waals surface area (Å²) in [4.78, 5) is 11.1. The van der Waals surface area contributed by atoms with Crippen LogP contribution in [0.2, 0.25) is 0 Å². The molecule has 3 heteroatoms. The molecule has 0 saturated heterocycles. The average Bonchev–Trinajstić information content (AvgIpc) is 2.13. The van der Waals surface area contributed by atoms with E-state index in [0.717, 1.165) is 6.42 Å². The number of carboxylic acid groups (broad SMARTS) is 1. The number of rotatable bonds is 6. The molecular weight excluding hydrogens is 184 g/mol. The van der Waals surface area contributed by atoms with Crippen molar-refractivity contribution in [2.75, 3.05) is 0 Å². The van der Waals surface area contributed by atoms with E-state index in [1.807, 2.05) is 13.8 Å². The molecule has 0 aliphatic heterocycles. The van der Waals surface area contributed by atoms with Gasteiger partial charge in [-0.1, -0.05) is 27.7 Å². The van der Waals surface area contributed by atoms with Gasteiger partial charge in [0.2, 0.25) is 0 Å². The van der Waals surface area contributed by atoms with Crippen molar-refractivity contribution < 1.29 is 9.90 Å². The second-order valence-electron chi connectivity index (χ2n) is 3.34. The Morgan fingerprint density at radius 1 is 1.38 bits per heavy atom. The van der Waals surface area contributed by atoms with E-state index in [4.69, 9.17) is 5.11 Å². The first-order valence-electron chi connectivity index (χ1n) is 4.93. The van der Waals surface area contributed by atoms with Crippen LogP contribution in [0.1, 0.15) is 47.0 Å². The lowest BCUT2D eigenvalue weighted by atomic mass is 10.0. The quantitative estimate of drug-likeness (QED) is 0.722. The molecule has 0 saturated carbocycles. The van der Waals surface area contributed by atoms with Crippen molar-refractivity contribution in [3.63, 3.8) is 0 Å². The number of carbonyl (C=O) groups is 1. The van der Waals surface area contributed by atoms with Crippen molar-refractivity contribution in [3.8, 4) is 0 Å². The number of hydrogen-bond acceptors (Lipinski definition) is 2. The van der Waals surface area contributed by atoms with Crippen molar-refractivity contribution in [1.29, 1.82) is 0 Å². The summed E-state index contributed by atoms with van der Waals surface area (Å²) >= 11 is 1.60. The first kappa shape index (κ1) is 12.8. The predicted octanol–water partition coefficient (Wildman–Crippen LogP) is 3.16. The fourth-order valence-electron chi connectivity index (χ4n) is 1.24. The minimum atomic E-state index is -0.664. The fraction of sp³-hybridized carbons (Fsp3) is 0.900. The summed E-state index contributed by atoms with van der Waals surface area (Å²) < 4.78 is -0.560. The van der Waals surface area contributed by atoms with Gasteiger partial charge in [-0.25, -0.2) is 0 Å². The van der Waals surface area contributed by atoms with Gasteiger partial charge < -0.3 is 5.11 Å². The highest BCUT2D eigenvalue weighted by molar-refractivity contribution is 8.01. The molecule has 0 spiro atoms. The Bertz CT molecular complexity index is 164. The monoisotopic (exact) mass is 204 g/mol. The average molecular weight is 204 g/mol. The molecule has 0 fully saturated rings. The molecule has 0 radical (unpaired) electrons. The molecule has 0 heterocycles. The summed E-state index contributed by atoms with van der Waals surface area (Å²) in [5.41, 5.74) is 0. The van der Waals surface area contributed by atoms with Gasteiger partial charge in [0.25, 0.3) is 0 Å². The second-order valence-corrected chi connectivity index (χ2v) is 5.17. The first-order valence-corrected chi connectivity index (χ1v) is 5.81. The van der Waals surface area contributed by atoms with Crippen LogP contribution in [0.5, 0.6) is 0 Å². The van der Waals surface area contributed by atoms with Gasteiger partial charge in [-0.2, -0.15) is 0 Å². The van der Waals surface area contributed by atoms with E-state index < -0.39 is 10.7 Å². The van der Waals surface area contributed by atoms with Gasteiger partial charge >= 0.3 is 5.97 Å². The lowest BCUT2D eigenvalue weighted by Crippen LogP contribution is -2.35. The van der Waals surface area contributed by atoms with Crippen LogP contribution in [0.25, 0.3) is 0 Å². The van der Waals surface area contributed by atoms with E-state index in [1.54, 1.807) is 11.8 Å². The Morgan fingerprint density at radius 2 is 1.85 bits per heavy atom. The highest BCUT2D eigenvalue weighted by Crippen LogP contribution is 2.36. The molecule has 0 aromatic rings. The maximum absolute atomic E-state index is 11.1. The summed E-state index contributed by atoms with van der Waals surface area (Å²) in [7, 11) is 0. The van der Waals surface area contributed by atoms with E-state index >= 15 is 0 Å². The van der Waals surface area contributed by atoms with Gasteiger partial charge in [0.05, 0.1) is 0 Å². The second kappa shape index (κ2) is 5.53. The number of aliphatic carboxylic acids is 1. The molecule has 0 bridgehead atoms. The molecule has 0 rings (SSSR count). The van der Waals surface area contributed by atoms with Crippen LogP contribution in [-0.2, 0) is 4.79 Å². The standard InChI is InChI=1S/C10H20O2S/c1-5-8(4)13-10(6-2,7-3)9(11)12/h8H,5-7H2,1-4H3,(H,11,12). The lowest BCUT2D eigenvalue weighted by Gasteiger charge is -2.28. The van der Waals surface area contributed by atoms with Crippen LogP contribution in [0.3, 0.4) is 0 Å². The molecule has 13 heavy (non-hydrogen) atoms. The molecule has 0 aromatic heterocycles. The van der Waals surface area contributed by atoms with Gasteiger partial charge in [-0.3, -0.25) is 4.79 Å². The maximum atomic E-state index is 11.1. The zero-order valence-electron chi connectivity index (χ0n) is 8.96. The number of thioether (sulfide) groups is 1. The Kier molecular flexibility index (Phi) is 5.45. The van der Waals surface area contributed by atoms with Crippen molar-refractivity contribution in [2.24, 2.45) is 0 Å². The largest absolute Gasteiger partial charge is 0.480 e. The summed E-state index contributed by atoms with van der Waals surface area (Å²) in [6.45, 7) is 8.09. The Hall–Kier alpha value is -0.180. The van der Waals surface area contributed by atoms with E-state index in [1.165, 1.54) is 0 Å². The minimum Gasteiger partial charge on any atom is -0.480 e. The van der Waals surface area contributed by atoms with Crippen molar-refractivity contribution in [3.05, 3.63) is 0 Å². The molecule has 1 unspecified atom stereocenters. The smallest absolute Gasteiger partial charge is 0.319 e. The van der Waals surface area contributed by atoms with Gasteiger partial charge in [0, 0.05) is 5.25 Å². The van der Waals surface area contributed by atoms with Crippen LogP contribution in [-0.4, -0.2) is 21.1 Å². The summed E-state index contributed by atoms with van der Waals surface area (Å²) in [6, 6.07) is 0. The van der Waals surface area contributed by atoms with E-state index in [-0.39, 0.29) is 0 Å². The van der Waals surface area contributed by atoms with E-state index in [9.17, 15) is 4.79 Å². The molecule has 2 nitrogen and oxygen atoms in total. The molecule has 0 aliphatic rings. The molecule has 0 amide bonds. The van der Waals surface area contributed by atoms with Crippen molar-refractivity contribution in [1.82, 2.24) is 0 Å². The van der Waals surface area contributed by atoms with Crippen LogP contribution >= 0.6 is 11.8 Å². The lowest BCUT2D eigenvalue weighted by molar-refractivity contribution is -0.140. The zero-order valence-corrected chi connectivity index (χ0v) is 9.78. The highest BCUT2D eigenvalue weighted by atomic mass is 32.2. The van der Waals surface area contributed by atoms with Gasteiger partial charge in [-0.15, -0.1) is 11.8 Å². The number of hydrogen-bond donors (Lipinski definition) is 1. The van der Waals surface area contributed by atoms with Crippen molar-refractivity contribution >= 4 is 17.7 Å². The van der Waals surface area contributed by atoms with Crippen LogP contribution in [0, 0.1) is 0 Å². The van der Waals surface area contributed by atoms with Crippen LogP contribution < -0.4 is 0 Å². The molecule has 78 valence electrons. The Balaban J connectivity index is 4.48. The van der Waals surface area contributed by atoms with Gasteiger partial charge in [0.15, 0.2) is 0 Å². The third-order valence-corrected chi connectivity index (χ3v) is 4.47. The minimum absolute atomic E-state index is 0.427. The zero-order chi connectivity index (χ0) is 10.5. The van der Waals surface area contributed by atoms with Crippen LogP contribution in [0.15, 0.2) is 0 Å². The Morgan fingerprint density at radius 3 is 2.08 bits per heavy atom. The first-order chi connectivity index (χ1) is 6.02. The van der Waals surface area contributed by atoms with E-state index in [2.05, 4.69) is 13.8 Å². The third-order valence-electron chi connectivity index (χ3n) is 2.53.